The Hall–Kier alpha value is -0.820. The minimum atomic E-state index is -3.27. The van der Waals surface area contributed by atoms with E-state index in [9.17, 15) is 8.42 Å². The smallest absolute Gasteiger partial charge is 0.183 e. The van der Waals surface area contributed by atoms with Gasteiger partial charge in [0.05, 0.1) is 22.2 Å². The first-order valence-electron chi connectivity index (χ1n) is 5.61. The summed E-state index contributed by atoms with van der Waals surface area (Å²) in [7, 11) is -3.27. The fourth-order valence-corrected chi connectivity index (χ4v) is 3.44. The summed E-state index contributed by atoms with van der Waals surface area (Å²) in [5, 5.41) is 3.62. The van der Waals surface area contributed by atoms with E-state index in [4.69, 9.17) is 23.2 Å². The number of rotatable bonds is 4. The van der Waals surface area contributed by atoms with Gasteiger partial charge in [0.25, 0.3) is 0 Å². The van der Waals surface area contributed by atoms with E-state index in [2.05, 4.69) is 10.3 Å². The second kappa shape index (κ2) is 5.89. The number of aromatic nitrogens is 1. The summed E-state index contributed by atoms with van der Waals surface area (Å²) in [4.78, 5) is 5.12. The molecular weight excluding hydrogens is 339 g/mol. The second-order valence-electron chi connectivity index (χ2n) is 4.31. The van der Waals surface area contributed by atoms with Crippen LogP contribution in [0.5, 0.6) is 0 Å². The summed E-state index contributed by atoms with van der Waals surface area (Å²) in [5.74, 6) is 0. The van der Waals surface area contributed by atoms with E-state index >= 15 is 0 Å². The van der Waals surface area contributed by atoms with Crippen LogP contribution in [-0.4, -0.2) is 19.7 Å². The molecule has 2 aromatic rings. The number of sulfone groups is 1. The van der Waals surface area contributed by atoms with Crippen LogP contribution in [0.4, 0.5) is 5.69 Å². The predicted octanol–water partition coefficient (Wildman–Crippen LogP) is 3.77. The van der Waals surface area contributed by atoms with Crippen molar-refractivity contribution in [2.75, 3.05) is 11.6 Å². The van der Waals surface area contributed by atoms with Gasteiger partial charge in [-0.05, 0) is 24.6 Å². The fourth-order valence-electron chi connectivity index (χ4n) is 1.63. The molecule has 0 spiro atoms. The zero-order valence-electron chi connectivity index (χ0n) is 10.8. The molecule has 0 atom stereocenters. The van der Waals surface area contributed by atoms with E-state index in [1.54, 1.807) is 19.2 Å². The summed E-state index contributed by atoms with van der Waals surface area (Å²) < 4.78 is 23.7. The number of nitrogens with one attached hydrogen (secondary N) is 1. The molecule has 0 radical (unpaired) electrons. The maximum atomic E-state index is 11.6. The maximum Gasteiger partial charge on any atom is 0.183 e. The summed E-state index contributed by atoms with van der Waals surface area (Å²) >= 11 is 13.3. The molecule has 1 aromatic heterocycles. The van der Waals surface area contributed by atoms with Crippen LogP contribution in [0.15, 0.2) is 23.2 Å². The van der Waals surface area contributed by atoms with Crippen LogP contribution in [0.3, 0.4) is 0 Å². The van der Waals surface area contributed by atoms with Crippen LogP contribution < -0.4 is 5.32 Å². The van der Waals surface area contributed by atoms with E-state index in [-0.39, 0.29) is 4.90 Å². The largest absolute Gasteiger partial charge is 0.379 e. The quantitative estimate of drug-likeness (QED) is 0.911. The van der Waals surface area contributed by atoms with Crippen LogP contribution >= 0.6 is 34.5 Å². The van der Waals surface area contributed by atoms with Crippen molar-refractivity contribution in [1.29, 1.82) is 0 Å². The lowest BCUT2D eigenvalue weighted by Crippen LogP contribution is -2.03. The Morgan fingerprint density at radius 2 is 2.05 bits per heavy atom. The molecule has 0 aliphatic carbocycles. The minimum absolute atomic E-state index is 0.240. The highest BCUT2D eigenvalue weighted by Gasteiger charge is 2.13. The lowest BCUT2D eigenvalue weighted by Gasteiger charge is -2.11. The molecule has 1 N–H and O–H groups in total. The van der Waals surface area contributed by atoms with Crippen LogP contribution in [0.2, 0.25) is 9.49 Å². The first-order chi connectivity index (χ1) is 9.27. The van der Waals surface area contributed by atoms with Crippen molar-refractivity contribution < 1.29 is 8.42 Å². The van der Waals surface area contributed by atoms with Crippen LogP contribution in [-0.2, 0) is 16.4 Å². The SMILES string of the molecule is Cc1cc(S(C)(=O)=O)cc(NCc2cnc(Cl)s2)c1Cl. The van der Waals surface area contributed by atoms with Gasteiger partial charge in [-0.2, -0.15) is 0 Å². The first kappa shape index (κ1) is 15.6. The van der Waals surface area contributed by atoms with E-state index < -0.39 is 9.84 Å². The zero-order chi connectivity index (χ0) is 14.9. The van der Waals surface area contributed by atoms with Crippen molar-refractivity contribution in [3.05, 3.63) is 38.3 Å². The molecule has 0 fully saturated rings. The average Bonchev–Trinajstić information content (AvgIpc) is 2.75. The molecule has 0 unspecified atom stereocenters. The minimum Gasteiger partial charge on any atom is -0.379 e. The number of thiazole rings is 1. The predicted molar refractivity (Wildman–Crippen MR) is 83.7 cm³/mol. The van der Waals surface area contributed by atoms with Crippen molar-refractivity contribution in [3.8, 4) is 0 Å². The molecule has 2 rings (SSSR count). The van der Waals surface area contributed by atoms with Crippen LogP contribution in [0, 0.1) is 6.92 Å². The molecule has 0 aliphatic heterocycles. The van der Waals surface area contributed by atoms with Crippen molar-refractivity contribution in [2.45, 2.75) is 18.4 Å². The van der Waals surface area contributed by atoms with Crippen molar-refractivity contribution >= 4 is 50.1 Å². The van der Waals surface area contributed by atoms with Crippen molar-refractivity contribution in [1.82, 2.24) is 4.98 Å². The van der Waals surface area contributed by atoms with Crippen molar-refractivity contribution in [3.63, 3.8) is 0 Å². The third-order valence-corrected chi connectivity index (χ3v) is 5.34. The standard InChI is InChI=1S/C12H12Cl2N2O2S2/c1-7-3-9(20(2,17)18)4-10(11(7)13)15-5-8-6-16-12(14)19-8/h3-4,6,15H,5H2,1-2H3. The number of halogens is 2. The molecular formula is C12H12Cl2N2O2S2. The third-order valence-electron chi connectivity index (χ3n) is 2.63. The van der Waals surface area contributed by atoms with Gasteiger partial charge in [0.15, 0.2) is 14.3 Å². The normalized spacial score (nSPS) is 11.6. The fraction of sp³-hybridized carbons (Fsp3) is 0.250. The number of anilines is 1. The Morgan fingerprint density at radius 3 is 2.60 bits per heavy atom. The van der Waals surface area contributed by atoms with Gasteiger partial charge in [0, 0.05) is 17.3 Å². The molecule has 8 heteroatoms. The Kier molecular flexibility index (Phi) is 4.59. The summed E-state index contributed by atoms with van der Waals surface area (Å²) in [5.41, 5.74) is 1.29. The van der Waals surface area contributed by atoms with Crippen molar-refractivity contribution in [2.24, 2.45) is 0 Å². The molecule has 0 amide bonds. The van der Waals surface area contributed by atoms with E-state index in [0.717, 1.165) is 4.88 Å². The molecule has 1 aromatic carbocycles. The Bertz CT molecular complexity index is 742. The molecule has 20 heavy (non-hydrogen) atoms. The van der Waals surface area contributed by atoms with Gasteiger partial charge in [-0.25, -0.2) is 13.4 Å². The maximum absolute atomic E-state index is 11.6. The second-order valence-corrected chi connectivity index (χ2v) is 8.40. The van der Waals surface area contributed by atoms with Gasteiger partial charge >= 0.3 is 0 Å². The van der Waals surface area contributed by atoms with Gasteiger partial charge in [-0.1, -0.05) is 23.2 Å². The number of hydrogen-bond donors (Lipinski definition) is 1. The summed E-state index contributed by atoms with van der Waals surface area (Å²) in [6.45, 7) is 2.25. The first-order valence-corrected chi connectivity index (χ1v) is 9.08. The summed E-state index contributed by atoms with van der Waals surface area (Å²) in [6.07, 6.45) is 2.84. The molecule has 4 nitrogen and oxygen atoms in total. The monoisotopic (exact) mass is 350 g/mol. The zero-order valence-corrected chi connectivity index (χ0v) is 13.9. The average molecular weight is 351 g/mol. The number of benzene rings is 1. The lowest BCUT2D eigenvalue weighted by molar-refractivity contribution is 0.602. The van der Waals surface area contributed by atoms with E-state index in [0.29, 0.717) is 27.3 Å². The van der Waals surface area contributed by atoms with Crippen LogP contribution in [0.1, 0.15) is 10.4 Å². The molecule has 0 aliphatic rings. The number of aryl methyl sites for hydroxylation is 1. The molecule has 0 saturated carbocycles. The Balaban J connectivity index is 2.29. The Morgan fingerprint density at radius 1 is 1.35 bits per heavy atom. The third kappa shape index (κ3) is 3.63. The van der Waals surface area contributed by atoms with E-state index in [1.165, 1.54) is 23.7 Å². The molecule has 108 valence electrons. The van der Waals surface area contributed by atoms with E-state index in [1.807, 2.05) is 0 Å². The number of nitrogens with zero attached hydrogens (tertiary/aromatic N) is 1. The van der Waals surface area contributed by atoms with Gasteiger partial charge in [0.2, 0.25) is 0 Å². The van der Waals surface area contributed by atoms with Gasteiger partial charge in [0.1, 0.15) is 0 Å². The highest BCUT2D eigenvalue weighted by atomic mass is 35.5. The molecule has 1 heterocycles. The van der Waals surface area contributed by atoms with Gasteiger partial charge < -0.3 is 5.32 Å². The number of hydrogen-bond acceptors (Lipinski definition) is 5. The highest BCUT2D eigenvalue weighted by molar-refractivity contribution is 7.90. The Labute approximate surface area is 131 Å². The molecule has 0 saturated heterocycles. The lowest BCUT2D eigenvalue weighted by atomic mass is 10.2. The van der Waals surface area contributed by atoms with Gasteiger partial charge in [-0.15, -0.1) is 11.3 Å². The summed E-state index contributed by atoms with van der Waals surface area (Å²) in [6, 6.07) is 3.10. The van der Waals surface area contributed by atoms with Gasteiger partial charge in [-0.3, -0.25) is 0 Å². The topological polar surface area (TPSA) is 59.1 Å². The van der Waals surface area contributed by atoms with Crippen LogP contribution in [0.25, 0.3) is 0 Å². The highest BCUT2D eigenvalue weighted by Crippen LogP contribution is 2.30. The molecule has 0 bridgehead atoms.